The van der Waals surface area contributed by atoms with Gasteiger partial charge in [0, 0.05) is 20.3 Å². The molecule has 24 heavy (non-hydrogen) atoms. The summed E-state index contributed by atoms with van der Waals surface area (Å²) in [5, 5.41) is 9.01. The molecule has 0 amide bonds. The van der Waals surface area contributed by atoms with E-state index in [1.165, 1.54) is 5.56 Å². The number of ether oxygens (including phenoxy) is 1. The molecule has 1 aromatic carbocycles. The molecular formula is C18H21N5O. The summed E-state index contributed by atoms with van der Waals surface area (Å²) in [6.07, 6.45) is 3.64. The molecule has 124 valence electrons. The third-order valence-corrected chi connectivity index (χ3v) is 4.73. The van der Waals surface area contributed by atoms with Gasteiger partial charge in [-0.2, -0.15) is 5.10 Å². The van der Waals surface area contributed by atoms with Gasteiger partial charge >= 0.3 is 0 Å². The van der Waals surface area contributed by atoms with Crippen LogP contribution in [-0.4, -0.2) is 33.0 Å². The first-order valence-corrected chi connectivity index (χ1v) is 8.26. The number of nitrogens with zero attached hydrogens (tertiary/aromatic N) is 4. The Morgan fingerprint density at radius 1 is 1.12 bits per heavy atom. The second kappa shape index (κ2) is 5.87. The van der Waals surface area contributed by atoms with E-state index in [0.29, 0.717) is 0 Å². The molecule has 1 aliphatic rings. The highest BCUT2D eigenvalue weighted by atomic mass is 16.5. The van der Waals surface area contributed by atoms with Crippen LogP contribution >= 0.6 is 0 Å². The molecule has 0 aliphatic carbocycles. The first-order chi connectivity index (χ1) is 11.7. The third-order valence-electron chi connectivity index (χ3n) is 4.73. The normalized spacial score (nSPS) is 17.1. The molecule has 1 N–H and O–H groups in total. The lowest BCUT2D eigenvalue weighted by Gasteiger charge is -2.39. The molecule has 1 saturated heterocycles. The maximum absolute atomic E-state index is 5.61. The fraction of sp³-hybridized carbons (Fsp3) is 0.389. The summed E-state index contributed by atoms with van der Waals surface area (Å²) in [5.74, 6) is 1.58. The molecule has 6 nitrogen and oxygen atoms in total. The van der Waals surface area contributed by atoms with Gasteiger partial charge in [0.05, 0.1) is 17.1 Å². The summed E-state index contributed by atoms with van der Waals surface area (Å²) in [6, 6.07) is 10.6. The van der Waals surface area contributed by atoms with Crippen molar-refractivity contribution in [1.82, 2.24) is 19.7 Å². The maximum Gasteiger partial charge on any atom is 0.163 e. The molecule has 4 rings (SSSR count). The van der Waals surface area contributed by atoms with Crippen molar-refractivity contribution in [3.05, 3.63) is 47.9 Å². The van der Waals surface area contributed by atoms with Crippen LogP contribution in [0.2, 0.25) is 0 Å². The van der Waals surface area contributed by atoms with Crippen molar-refractivity contribution in [1.29, 1.82) is 0 Å². The molecule has 0 saturated carbocycles. The van der Waals surface area contributed by atoms with Gasteiger partial charge < -0.3 is 10.1 Å². The molecule has 2 aromatic heterocycles. The summed E-state index contributed by atoms with van der Waals surface area (Å²) in [7, 11) is 1.90. The highest BCUT2D eigenvalue weighted by Gasteiger charge is 2.35. The second-order valence-corrected chi connectivity index (χ2v) is 6.31. The quantitative estimate of drug-likeness (QED) is 0.803. The van der Waals surface area contributed by atoms with Crippen LogP contribution in [0.1, 0.15) is 24.2 Å². The highest BCUT2D eigenvalue weighted by molar-refractivity contribution is 5.86. The Labute approximate surface area is 140 Å². The molecule has 1 aliphatic heterocycles. The van der Waals surface area contributed by atoms with E-state index in [1.54, 1.807) is 4.68 Å². The number of aryl methyl sites for hydroxylation is 2. The number of fused-ring (bicyclic) bond motifs is 1. The van der Waals surface area contributed by atoms with Gasteiger partial charge in [0.15, 0.2) is 5.65 Å². The van der Waals surface area contributed by atoms with Crippen LogP contribution in [-0.2, 0) is 17.3 Å². The van der Waals surface area contributed by atoms with E-state index in [4.69, 9.17) is 4.74 Å². The van der Waals surface area contributed by atoms with Crippen LogP contribution in [0, 0.1) is 6.92 Å². The van der Waals surface area contributed by atoms with E-state index in [0.717, 1.165) is 48.7 Å². The van der Waals surface area contributed by atoms with Crippen molar-refractivity contribution >= 4 is 16.9 Å². The molecule has 0 spiro atoms. The molecule has 0 atom stereocenters. The van der Waals surface area contributed by atoms with Gasteiger partial charge in [-0.05, 0) is 25.3 Å². The summed E-state index contributed by atoms with van der Waals surface area (Å²) in [5.41, 5.74) is 1.94. The standard InChI is InChI=1S/C18H21N5O/c1-13-20-16(15-12-19-23(2)17(15)21-13)22-18(8-10-24-11-9-18)14-6-4-3-5-7-14/h3-7,12H,8-11H2,1-2H3,(H,20,21,22). The Hall–Kier alpha value is -2.47. The van der Waals surface area contributed by atoms with Crippen LogP contribution in [0.3, 0.4) is 0 Å². The highest BCUT2D eigenvalue weighted by Crippen LogP contribution is 2.36. The van der Waals surface area contributed by atoms with Gasteiger partial charge in [-0.1, -0.05) is 30.3 Å². The zero-order chi connectivity index (χ0) is 16.6. The van der Waals surface area contributed by atoms with E-state index in [1.807, 2.05) is 26.2 Å². The topological polar surface area (TPSA) is 64.9 Å². The Bertz CT molecular complexity index is 852. The number of benzene rings is 1. The number of anilines is 1. The summed E-state index contributed by atoms with van der Waals surface area (Å²) >= 11 is 0. The van der Waals surface area contributed by atoms with Gasteiger partial charge in [-0.15, -0.1) is 0 Å². The molecule has 0 unspecified atom stereocenters. The van der Waals surface area contributed by atoms with Crippen LogP contribution < -0.4 is 5.32 Å². The fourth-order valence-corrected chi connectivity index (χ4v) is 3.42. The monoisotopic (exact) mass is 323 g/mol. The van der Waals surface area contributed by atoms with E-state index in [2.05, 4.69) is 44.6 Å². The van der Waals surface area contributed by atoms with E-state index in [-0.39, 0.29) is 5.54 Å². The Morgan fingerprint density at radius 2 is 1.88 bits per heavy atom. The summed E-state index contributed by atoms with van der Waals surface area (Å²) in [6.45, 7) is 3.39. The molecule has 3 heterocycles. The van der Waals surface area contributed by atoms with Gasteiger partial charge in [0.2, 0.25) is 0 Å². The lowest BCUT2D eigenvalue weighted by Crippen LogP contribution is -2.41. The minimum Gasteiger partial charge on any atom is -0.381 e. The summed E-state index contributed by atoms with van der Waals surface area (Å²) in [4.78, 5) is 9.17. The van der Waals surface area contributed by atoms with Gasteiger partial charge in [0.1, 0.15) is 11.6 Å². The average molecular weight is 323 g/mol. The van der Waals surface area contributed by atoms with Crippen LogP contribution in [0.5, 0.6) is 0 Å². The lowest BCUT2D eigenvalue weighted by atomic mass is 9.82. The molecule has 0 radical (unpaired) electrons. The van der Waals surface area contributed by atoms with Crippen LogP contribution in [0.25, 0.3) is 11.0 Å². The Kier molecular flexibility index (Phi) is 3.69. The largest absolute Gasteiger partial charge is 0.381 e. The fourth-order valence-electron chi connectivity index (χ4n) is 3.42. The predicted octanol–water partition coefficient (Wildman–Crippen LogP) is 2.79. The number of hydrogen-bond donors (Lipinski definition) is 1. The van der Waals surface area contributed by atoms with Crippen LogP contribution in [0.15, 0.2) is 36.5 Å². The van der Waals surface area contributed by atoms with Crippen LogP contribution in [0.4, 0.5) is 5.82 Å². The third kappa shape index (κ3) is 2.53. The van der Waals surface area contributed by atoms with Gasteiger partial charge in [-0.25, -0.2) is 9.97 Å². The number of aromatic nitrogens is 4. The Morgan fingerprint density at radius 3 is 2.62 bits per heavy atom. The van der Waals surface area contributed by atoms with Crippen molar-refractivity contribution < 1.29 is 4.74 Å². The molecule has 3 aromatic rings. The number of nitrogens with one attached hydrogen (secondary N) is 1. The van der Waals surface area contributed by atoms with Crippen molar-refractivity contribution in [3.63, 3.8) is 0 Å². The summed E-state index contributed by atoms with van der Waals surface area (Å²) < 4.78 is 7.40. The first-order valence-electron chi connectivity index (χ1n) is 8.26. The minimum absolute atomic E-state index is 0.178. The second-order valence-electron chi connectivity index (χ2n) is 6.31. The number of rotatable bonds is 3. The molecular weight excluding hydrogens is 302 g/mol. The first kappa shape index (κ1) is 15.1. The zero-order valence-corrected chi connectivity index (χ0v) is 14.0. The van der Waals surface area contributed by atoms with Crippen molar-refractivity contribution in [2.45, 2.75) is 25.3 Å². The maximum atomic E-state index is 5.61. The Balaban J connectivity index is 1.81. The average Bonchev–Trinajstić information content (AvgIpc) is 2.98. The SMILES string of the molecule is Cc1nc(NC2(c3ccccc3)CCOCC2)c2cnn(C)c2n1. The molecule has 1 fully saturated rings. The molecule has 6 heteroatoms. The van der Waals surface area contributed by atoms with Gasteiger partial charge in [-0.3, -0.25) is 4.68 Å². The van der Waals surface area contributed by atoms with Gasteiger partial charge in [0.25, 0.3) is 0 Å². The van der Waals surface area contributed by atoms with Crippen molar-refractivity contribution in [3.8, 4) is 0 Å². The van der Waals surface area contributed by atoms with E-state index >= 15 is 0 Å². The minimum atomic E-state index is -0.178. The predicted molar refractivity (Wildman–Crippen MR) is 92.8 cm³/mol. The zero-order valence-electron chi connectivity index (χ0n) is 14.0. The number of hydrogen-bond acceptors (Lipinski definition) is 5. The molecule has 0 bridgehead atoms. The van der Waals surface area contributed by atoms with E-state index in [9.17, 15) is 0 Å². The van der Waals surface area contributed by atoms with E-state index < -0.39 is 0 Å². The van der Waals surface area contributed by atoms with Crippen molar-refractivity contribution in [2.24, 2.45) is 7.05 Å². The van der Waals surface area contributed by atoms with Crippen molar-refractivity contribution in [2.75, 3.05) is 18.5 Å². The lowest BCUT2D eigenvalue weighted by molar-refractivity contribution is 0.0593. The smallest absolute Gasteiger partial charge is 0.163 e.